The molecule has 1 aliphatic carbocycles. The van der Waals surface area contributed by atoms with Gasteiger partial charge in [0.1, 0.15) is 5.82 Å². The summed E-state index contributed by atoms with van der Waals surface area (Å²) < 4.78 is 1.83. The molecule has 184 valence electrons. The van der Waals surface area contributed by atoms with Gasteiger partial charge in [-0.3, -0.25) is 9.97 Å². The maximum absolute atomic E-state index is 4.85. The van der Waals surface area contributed by atoms with Gasteiger partial charge in [0.2, 0.25) is 0 Å². The van der Waals surface area contributed by atoms with Gasteiger partial charge in [-0.1, -0.05) is 6.92 Å². The van der Waals surface area contributed by atoms with Gasteiger partial charge in [0.15, 0.2) is 5.82 Å². The number of hydrogen-bond donors (Lipinski definition) is 1. The van der Waals surface area contributed by atoms with Crippen molar-refractivity contribution in [3.8, 4) is 5.82 Å². The van der Waals surface area contributed by atoms with E-state index in [9.17, 15) is 0 Å². The number of aromatic nitrogens is 5. The molecule has 0 bridgehead atoms. The molecule has 0 radical (unpaired) electrons. The lowest BCUT2D eigenvalue weighted by atomic mass is 10.0. The molecule has 3 aromatic rings. The van der Waals surface area contributed by atoms with Crippen LogP contribution in [0.15, 0.2) is 43.1 Å². The zero-order chi connectivity index (χ0) is 23.6. The Bertz CT molecular complexity index is 1120. The molecule has 0 amide bonds. The van der Waals surface area contributed by atoms with Crippen LogP contribution in [0.4, 0.5) is 11.5 Å². The summed E-state index contributed by atoms with van der Waals surface area (Å²) in [6, 6.07) is 5.00. The highest BCUT2D eigenvalue weighted by Gasteiger charge is 2.25. The highest BCUT2D eigenvalue weighted by atomic mass is 15.3. The number of nitrogens with zero attached hydrogens (tertiary/aromatic N) is 7. The summed E-state index contributed by atoms with van der Waals surface area (Å²) in [7, 11) is 0. The third-order valence-electron chi connectivity index (χ3n) is 7.77. The average molecular weight is 473 g/mol. The molecule has 35 heavy (non-hydrogen) atoms. The van der Waals surface area contributed by atoms with E-state index in [4.69, 9.17) is 9.97 Å². The van der Waals surface area contributed by atoms with E-state index < -0.39 is 0 Å². The predicted octanol–water partition coefficient (Wildman–Crippen LogP) is 3.78. The normalized spacial score (nSPS) is 21.5. The standard InChI is InChI=1S/C27H36N8/c1-20(22-14-31-35(18-22)27-17-28-16-26(32-27)33-10-2-3-11-33)25-9-8-24(15-30-25)34-12-4-5-23(19-34)29-13-21-6-7-21/h8-9,14-18,20-21,23,29H,2-7,10-13,19H2,1H3. The largest absolute Gasteiger partial charge is 0.369 e. The van der Waals surface area contributed by atoms with Crippen molar-refractivity contribution >= 4 is 11.5 Å². The van der Waals surface area contributed by atoms with Crippen molar-refractivity contribution in [2.45, 2.75) is 57.4 Å². The minimum Gasteiger partial charge on any atom is -0.369 e. The Morgan fingerprint density at radius 3 is 2.57 bits per heavy atom. The van der Waals surface area contributed by atoms with E-state index in [1.807, 2.05) is 23.3 Å². The Labute approximate surface area is 207 Å². The summed E-state index contributed by atoms with van der Waals surface area (Å²) >= 11 is 0. The summed E-state index contributed by atoms with van der Waals surface area (Å²) in [5.41, 5.74) is 3.41. The van der Waals surface area contributed by atoms with Crippen molar-refractivity contribution in [2.75, 3.05) is 42.5 Å². The third-order valence-corrected chi connectivity index (χ3v) is 7.77. The van der Waals surface area contributed by atoms with Crippen molar-refractivity contribution in [1.29, 1.82) is 0 Å². The molecule has 3 fully saturated rings. The Kier molecular flexibility index (Phi) is 6.37. The Morgan fingerprint density at radius 2 is 1.77 bits per heavy atom. The first-order valence-electron chi connectivity index (χ1n) is 13.3. The molecular weight excluding hydrogens is 436 g/mol. The van der Waals surface area contributed by atoms with Crippen LogP contribution in [-0.4, -0.2) is 63.5 Å². The van der Waals surface area contributed by atoms with E-state index in [2.05, 4.69) is 50.5 Å². The molecule has 5 heterocycles. The van der Waals surface area contributed by atoms with E-state index in [-0.39, 0.29) is 5.92 Å². The fourth-order valence-corrected chi connectivity index (χ4v) is 5.29. The second-order valence-electron chi connectivity index (χ2n) is 10.4. The zero-order valence-electron chi connectivity index (χ0n) is 20.7. The maximum atomic E-state index is 4.85. The van der Waals surface area contributed by atoms with E-state index in [0.29, 0.717) is 6.04 Å². The second-order valence-corrected chi connectivity index (χ2v) is 10.4. The van der Waals surface area contributed by atoms with E-state index in [1.54, 1.807) is 6.20 Å². The zero-order valence-corrected chi connectivity index (χ0v) is 20.7. The summed E-state index contributed by atoms with van der Waals surface area (Å²) in [4.78, 5) is 18.9. The molecular formula is C27H36N8. The van der Waals surface area contributed by atoms with Gasteiger partial charge in [0, 0.05) is 50.0 Å². The molecule has 3 aromatic heterocycles. The summed E-state index contributed by atoms with van der Waals surface area (Å²) in [5.74, 6) is 2.77. The second kappa shape index (κ2) is 9.93. The molecule has 2 saturated heterocycles. The smallest absolute Gasteiger partial charge is 0.173 e. The average Bonchev–Trinajstić information content (AvgIpc) is 3.35. The van der Waals surface area contributed by atoms with Gasteiger partial charge in [0.25, 0.3) is 0 Å². The van der Waals surface area contributed by atoms with Crippen LogP contribution in [0.2, 0.25) is 0 Å². The molecule has 1 N–H and O–H groups in total. The highest BCUT2D eigenvalue weighted by Crippen LogP contribution is 2.29. The monoisotopic (exact) mass is 472 g/mol. The Morgan fingerprint density at radius 1 is 0.943 bits per heavy atom. The molecule has 8 nitrogen and oxygen atoms in total. The van der Waals surface area contributed by atoms with Gasteiger partial charge in [0.05, 0.1) is 30.5 Å². The Hall–Kier alpha value is -3.00. The molecule has 3 aliphatic rings. The minimum atomic E-state index is 0.154. The molecule has 1 saturated carbocycles. The first-order chi connectivity index (χ1) is 17.2. The van der Waals surface area contributed by atoms with Gasteiger partial charge >= 0.3 is 0 Å². The molecule has 6 rings (SSSR count). The molecule has 2 aliphatic heterocycles. The van der Waals surface area contributed by atoms with Crippen molar-refractivity contribution in [2.24, 2.45) is 5.92 Å². The first kappa shape index (κ1) is 22.5. The summed E-state index contributed by atoms with van der Waals surface area (Å²) in [6.45, 7) is 7.67. The molecule has 0 spiro atoms. The number of anilines is 2. The van der Waals surface area contributed by atoms with Gasteiger partial charge in [-0.15, -0.1) is 0 Å². The molecule has 2 unspecified atom stereocenters. The van der Waals surface area contributed by atoms with Crippen molar-refractivity contribution in [1.82, 2.24) is 30.0 Å². The van der Waals surface area contributed by atoms with E-state index in [1.165, 1.54) is 50.8 Å². The van der Waals surface area contributed by atoms with Crippen LogP contribution in [0.25, 0.3) is 5.82 Å². The van der Waals surface area contributed by atoms with Crippen LogP contribution in [0.3, 0.4) is 0 Å². The van der Waals surface area contributed by atoms with Gasteiger partial charge in [-0.2, -0.15) is 5.10 Å². The highest BCUT2D eigenvalue weighted by molar-refractivity contribution is 5.46. The predicted molar refractivity (Wildman–Crippen MR) is 138 cm³/mol. The van der Waals surface area contributed by atoms with Gasteiger partial charge in [-0.05, 0) is 68.7 Å². The van der Waals surface area contributed by atoms with Crippen molar-refractivity contribution in [3.63, 3.8) is 0 Å². The lowest BCUT2D eigenvalue weighted by molar-refractivity contribution is 0.416. The van der Waals surface area contributed by atoms with Crippen LogP contribution in [0.5, 0.6) is 0 Å². The lowest BCUT2D eigenvalue weighted by Gasteiger charge is -2.35. The van der Waals surface area contributed by atoms with E-state index in [0.717, 1.165) is 55.0 Å². The van der Waals surface area contributed by atoms with Crippen molar-refractivity contribution < 1.29 is 0 Å². The number of pyridine rings is 1. The number of rotatable bonds is 8. The fraction of sp³-hybridized carbons (Fsp3) is 0.556. The lowest BCUT2D eigenvalue weighted by Crippen LogP contribution is -2.46. The van der Waals surface area contributed by atoms with Crippen LogP contribution >= 0.6 is 0 Å². The third kappa shape index (κ3) is 5.17. The quantitative estimate of drug-likeness (QED) is 0.535. The van der Waals surface area contributed by atoms with Crippen LogP contribution in [0, 0.1) is 5.92 Å². The molecule has 8 heteroatoms. The maximum Gasteiger partial charge on any atom is 0.173 e. The topological polar surface area (TPSA) is 75.0 Å². The molecule has 0 aromatic carbocycles. The van der Waals surface area contributed by atoms with Crippen LogP contribution in [-0.2, 0) is 0 Å². The first-order valence-corrected chi connectivity index (χ1v) is 13.3. The van der Waals surface area contributed by atoms with Gasteiger partial charge in [-0.25, -0.2) is 9.67 Å². The SMILES string of the molecule is CC(c1cnn(-c2cncc(N3CCCC3)n2)c1)c1ccc(N2CCCC(NCC3CC3)C2)cn1. The van der Waals surface area contributed by atoms with Crippen LogP contribution < -0.4 is 15.1 Å². The number of hydrogen-bond acceptors (Lipinski definition) is 7. The van der Waals surface area contributed by atoms with Crippen molar-refractivity contribution in [3.05, 3.63) is 54.4 Å². The van der Waals surface area contributed by atoms with E-state index >= 15 is 0 Å². The Balaban J connectivity index is 1.11. The molecule has 2 atom stereocenters. The number of piperidine rings is 1. The van der Waals surface area contributed by atoms with Gasteiger partial charge < -0.3 is 15.1 Å². The van der Waals surface area contributed by atoms with Crippen LogP contribution in [0.1, 0.15) is 62.6 Å². The fourth-order valence-electron chi connectivity index (χ4n) is 5.29. The summed E-state index contributed by atoms with van der Waals surface area (Å²) in [6.07, 6.45) is 17.4. The summed E-state index contributed by atoms with van der Waals surface area (Å²) in [5, 5.41) is 8.37. The number of nitrogens with one attached hydrogen (secondary N) is 1. The minimum absolute atomic E-state index is 0.154.